The number of amides is 1. The van der Waals surface area contributed by atoms with Crippen molar-refractivity contribution < 1.29 is 18.7 Å². The number of aromatic nitrogens is 2. The van der Waals surface area contributed by atoms with E-state index in [1.165, 1.54) is 12.1 Å². The maximum atomic E-state index is 13.4. The van der Waals surface area contributed by atoms with E-state index in [-0.39, 0.29) is 17.8 Å². The van der Waals surface area contributed by atoms with Crippen LogP contribution in [0.5, 0.6) is 5.75 Å². The van der Waals surface area contributed by atoms with Crippen LogP contribution in [0.15, 0.2) is 66.7 Å². The molecule has 0 saturated heterocycles. The summed E-state index contributed by atoms with van der Waals surface area (Å²) in [5, 5.41) is 11.3. The number of carbonyl (C=O) groups is 1. The fourth-order valence-corrected chi connectivity index (χ4v) is 4.38. The van der Waals surface area contributed by atoms with Crippen molar-refractivity contribution in [1.29, 1.82) is 0 Å². The van der Waals surface area contributed by atoms with Crippen LogP contribution < -0.4 is 10.1 Å². The fraction of sp³-hybridized carbons (Fsp3) is 0.241. The summed E-state index contributed by atoms with van der Waals surface area (Å²) in [7, 11) is 1.55. The van der Waals surface area contributed by atoms with Crippen molar-refractivity contribution in [2.24, 2.45) is 0 Å². The SMILES string of the molecule is COc1c(C(=O)NC2(C(C)OCc3ccccc3)CC2)ccc2n[nH]c(C=Cc3ccc(F)cc3)c12. The lowest BCUT2D eigenvalue weighted by atomic mass is 10.0. The summed E-state index contributed by atoms with van der Waals surface area (Å²) in [6.07, 6.45) is 5.27. The highest BCUT2D eigenvalue weighted by Crippen LogP contribution is 2.41. The van der Waals surface area contributed by atoms with Gasteiger partial charge in [0.15, 0.2) is 0 Å². The highest BCUT2D eigenvalue weighted by molar-refractivity contribution is 6.05. The number of halogens is 1. The molecule has 4 aromatic rings. The molecule has 0 radical (unpaired) electrons. The van der Waals surface area contributed by atoms with Crippen molar-refractivity contribution in [2.45, 2.75) is 38.0 Å². The van der Waals surface area contributed by atoms with Crippen LogP contribution in [0.25, 0.3) is 23.1 Å². The first-order valence-electron chi connectivity index (χ1n) is 12.0. The number of ether oxygens (including phenoxy) is 2. The Morgan fingerprint density at radius 3 is 2.56 bits per heavy atom. The molecule has 1 atom stereocenters. The maximum Gasteiger partial charge on any atom is 0.255 e. The van der Waals surface area contributed by atoms with Gasteiger partial charge in [0.25, 0.3) is 5.91 Å². The molecule has 1 amide bonds. The van der Waals surface area contributed by atoms with Gasteiger partial charge in [-0.15, -0.1) is 0 Å². The first kappa shape index (κ1) is 23.8. The van der Waals surface area contributed by atoms with E-state index in [0.29, 0.717) is 34.5 Å². The zero-order chi connectivity index (χ0) is 25.1. The number of hydrogen-bond acceptors (Lipinski definition) is 4. The Morgan fingerprint density at radius 1 is 1.11 bits per heavy atom. The number of rotatable bonds is 9. The Morgan fingerprint density at radius 2 is 1.86 bits per heavy atom. The van der Waals surface area contributed by atoms with Gasteiger partial charge in [0, 0.05) is 0 Å². The molecular weight excluding hydrogens is 457 g/mol. The topological polar surface area (TPSA) is 76.2 Å². The third kappa shape index (κ3) is 4.88. The van der Waals surface area contributed by atoms with Crippen molar-refractivity contribution in [3.63, 3.8) is 0 Å². The lowest BCUT2D eigenvalue weighted by Gasteiger charge is -2.25. The lowest BCUT2D eigenvalue weighted by molar-refractivity contribution is 0.0188. The molecule has 1 aromatic heterocycles. The molecular formula is C29H28FN3O3. The molecule has 0 bridgehead atoms. The summed E-state index contributed by atoms with van der Waals surface area (Å²) in [5.74, 6) is -0.0491. The number of nitrogens with zero attached hydrogens (tertiary/aromatic N) is 1. The minimum atomic E-state index is -0.395. The van der Waals surface area contributed by atoms with E-state index in [4.69, 9.17) is 9.47 Å². The molecule has 0 aliphatic heterocycles. The van der Waals surface area contributed by atoms with E-state index in [1.807, 2.05) is 49.4 Å². The molecule has 1 unspecified atom stereocenters. The molecule has 1 aliphatic rings. The van der Waals surface area contributed by atoms with Gasteiger partial charge < -0.3 is 14.8 Å². The van der Waals surface area contributed by atoms with Crippen LogP contribution in [0.2, 0.25) is 0 Å². The average Bonchev–Trinajstić information content (AvgIpc) is 3.57. The molecule has 1 aliphatic carbocycles. The van der Waals surface area contributed by atoms with Crippen molar-refractivity contribution in [1.82, 2.24) is 15.5 Å². The third-order valence-electron chi connectivity index (χ3n) is 6.74. The van der Waals surface area contributed by atoms with Gasteiger partial charge >= 0.3 is 0 Å². The summed E-state index contributed by atoms with van der Waals surface area (Å²) >= 11 is 0. The first-order valence-corrected chi connectivity index (χ1v) is 12.0. The van der Waals surface area contributed by atoms with E-state index >= 15 is 0 Å². The Kier molecular flexibility index (Phi) is 6.57. The summed E-state index contributed by atoms with van der Waals surface area (Å²) in [6, 6.07) is 19.7. The summed E-state index contributed by atoms with van der Waals surface area (Å²) < 4.78 is 25.0. The molecule has 0 spiro atoms. The standard InChI is InChI=1S/C29H28FN3O3/c1-19(36-18-21-6-4-3-5-7-21)29(16-17-29)31-28(34)23-13-15-25-26(27(23)35-2)24(32-33-25)14-10-20-8-11-22(30)12-9-20/h3-15,19H,16-18H2,1-2H3,(H,31,34)(H,32,33). The highest BCUT2D eigenvalue weighted by atomic mass is 19.1. The molecule has 1 heterocycles. The normalized spacial score (nSPS) is 15.2. The second kappa shape index (κ2) is 9.95. The van der Waals surface area contributed by atoms with E-state index in [9.17, 15) is 9.18 Å². The fourth-order valence-electron chi connectivity index (χ4n) is 4.38. The number of aromatic amines is 1. The zero-order valence-electron chi connectivity index (χ0n) is 20.3. The smallest absolute Gasteiger partial charge is 0.255 e. The van der Waals surface area contributed by atoms with Crippen LogP contribution >= 0.6 is 0 Å². The molecule has 3 aromatic carbocycles. The van der Waals surface area contributed by atoms with Crippen molar-refractivity contribution in [3.05, 3.63) is 94.9 Å². The number of hydrogen-bond donors (Lipinski definition) is 2. The van der Waals surface area contributed by atoms with E-state index in [1.54, 1.807) is 31.4 Å². The van der Waals surface area contributed by atoms with E-state index < -0.39 is 5.54 Å². The summed E-state index contributed by atoms with van der Waals surface area (Å²) in [5.41, 5.74) is 3.36. The van der Waals surface area contributed by atoms with Crippen LogP contribution in [0.1, 0.15) is 46.9 Å². The first-order chi connectivity index (χ1) is 17.5. The van der Waals surface area contributed by atoms with Crippen LogP contribution in [0.4, 0.5) is 4.39 Å². The average molecular weight is 486 g/mol. The molecule has 1 saturated carbocycles. The molecule has 1 fully saturated rings. The minimum Gasteiger partial charge on any atom is -0.495 e. The lowest BCUT2D eigenvalue weighted by Crippen LogP contribution is -2.45. The monoisotopic (exact) mass is 485 g/mol. The zero-order valence-corrected chi connectivity index (χ0v) is 20.3. The number of nitrogens with one attached hydrogen (secondary N) is 2. The van der Waals surface area contributed by atoms with Crippen LogP contribution in [0, 0.1) is 5.82 Å². The van der Waals surface area contributed by atoms with Gasteiger partial charge in [-0.2, -0.15) is 5.10 Å². The predicted octanol–water partition coefficient (Wildman–Crippen LogP) is 5.75. The minimum absolute atomic E-state index is 0.139. The number of carbonyl (C=O) groups excluding carboxylic acids is 1. The Hall–Kier alpha value is -3.97. The quantitative estimate of drug-likeness (QED) is 0.317. The number of fused-ring (bicyclic) bond motifs is 1. The van der Waals surface area contributed by atoms with Gasteiger partial charge in [-0.3, -0.25) is 9.89 Å². The van der Waals surface area contributed by atoms with E-state index in [2.05, 4.69) is 15.5 Å². The molecule has 7 heteroatoms. The maximum absolute atomic E-state index is 13.4. The Bertz CT molecular complexity index is 1390. The van der Waals surface area contributed by atoms with Gasteiger partial charge in [-0.1, -0.05) is 48.5 Å². The van der Waals surface area contributed by atoms with Gasteiger partial charge in [0.2, 0.25) is 0 Å². The number of methoxy groups -OCH3 is 1. The van der Waals surface area contributed by atoms with Gasteiger partial charge in [-0.05, 0) is 61.2 Å². The third-order valence-corrected chi connectivity index (χ3v) is 6.74. The highest BCUT2D eigenvalue weighted by Gasteiger charge is 2.49. The van der Waals surface area contributed by atoms with Crippen LogP contribution in [-0.4, -0.2) is 34.9 Å². The van der Waals surface area contributed by atoms with Crippen LogP contribution in [0.3, 0.4) is 0 Å². The van der Waals surface area contributed by atoms with Gasteiger partial charge in [0.05, 0.1) is 47.5 Å². The number of benzene rings is 3. The molecule has 184 valence electrons. The Balaban J connectivity index is 1.36. The van der Waals surface area contributed by atoms with Crippen molar-refractivity contribution in [2.75, 3.05) is 7.11 Å². The van der Waals surface area contributed by atoms with E-state index in [0.717, 1.165) is 24.0 Å². The second-order valence-electron chi connectivity index (χ2n) is 9.11. The molecule has 6 nitrogen and oxygen atoms in total. The largest absolute Gasteiger partial charge is 0.495 e. The van der Waals surface area contributed by atoms with Crippen LogP contribution in [-0.2, 0) is 11.3 Å². The second-order valence-corrected chi connectivity index (χ2v) is 9.11. The van der Waals surface area contributed by atoms with Crippen molar-refractivity contribution >= 4 is 29.0 Å². The number of H-pyrrole nitrogens is 1. The Labute approximate surface area is 209 Å². The van der Waals surface area contributed by atoms with Gasteiger partial charge in [-0.25, -0.2) is 4.39 Å². The predicted molar refractivity (Wildman–Crippen MR) is 138 cm³/mol. The molecule has 36 heavy (non-hydrogen) atoms. The molecule has 2 N–H and O–H groups in total. The summed E-state index contributed by atoms with van der Waals surface area (Å²) in [6.45, 7) is 2.50. The van der Waals surface area contributed by atoms with Gasteiger partial charge in [0.1, 0.15) is 11.6 Å². The molecule has 5 rings (SSSR count). The van der Waals surface area contributed by atoms with Crippen molar-refractivity contribution in [3.8, 4) is 5.75 Å². The summed E-state index contributed by atoms with van der Waals surface area (Å²) in [4.78, 5) is 13.4.